The van der Waals surface area contributed by atoms with Crippen LogP contribution in [-0.4, -0.2) is 54.7 Å². The molecule has 1 heterocycles. The molecule has 9 heteroatoms. The van der Waals surface area contributed by atoms with E-state index in [1.54, 1.807) is 4.90 Å². The summed E-state index contributed by atoms with van der Waals surface area (Å²) < 4.78 is 34.3. The molecule has 180 valence electrons. The molecule has 2 N–H and O–H groups in total. The van der Waals surface area contributed by atoms with Crippen LogP contribution in [0.25, 0.3) is 0 Å². The second-order valence-corrected chi connectivity index (χ2v) is 12.2. The van der Waals surface area contributed by atoms with Gasteiger partial charge in [-0.2, -0.15) is 0 Å². The van der Waals surface area contributed by atoms with Crippen molar-refractivity contribution in [2.45, 2.75) is 57.0 Å². The van der Waals surface area contributed by atoms with Crippen LogP contribution in [0.2, 0.25) is 0 Å². The number of urea groups is 1. The lowest BCUT2D eigenvalue weighted by Gasteiger charge is -2.28. The molecule has 0 atom stereocenters. The van der Waals surface area contributed by atoms with Crippen molar-refractivity contribution in [3.63, 3.8) is 0 Å². The minimum atomic E-state index is -3.45. The predicted molar refractivity (Wildman–Crippen MR) is 135 cm³/mol. The summed E-state index contributed by atoms with van der Waals surface area (Å²) in [5.74, 6) is 5.27. The van der Waals surface area contributed by atoms with Crippen molar-refractivity contribution >= 4 is 37.9 Å². The number of hydrogen-bond acceptors (Lipinski definition) is 4. The Hall–Kier alpha value is -2.10. The molecule has 3 fully saturated rings. The highest BCUT2D eigenvalue weighted by Gasteiger charge is 2.47. The van der Waals surface area contributed by atoms with Crippen molar-refractivity contribution in [1.29, 1.82) is 0 Å². The summed E-state index contributed by atoms with van der Waals surface area (Å²) in [7, 11) is -2.17. The van der Waals surface area contributed by atoms with Gasteiger partial charge in [-0.15, -0.1) is 10.9 Å². The van der Waals surface area contributed by atoms with Gasteiger partial charge in [0, 0.05) is 6.54 Å². The lowest BCUT2D eigenvalue weighted by atomic mass is 10.1. The van der Waals surface area contributed by atoms with Gasteiger partial charge in [-0.1, -0.05) is 24.3 Å². The van der Waals surface area contributed by atoms with E-state index in [0.29, 0.717) is 18.9 Å². The van der Waals surface area contributed by atoms with Gasteiger partial charge in [0.2, 0.25) is 10.0 Å². The molecule has 0 unspecified atom stereocenters. The fourth-order valence-corrected chi connectivity index (χ4v) is 6.13. The monoisotopic (exact) mass is 491 g/mol. The lowest BCUT2D eigenvalue weighted by Crippen LogP contribution is -2.43. The molecule has 0 bridgehead atoms. The Balaban J connectivity index is 1.29. The van der Waals surface area contributed by atoms with Crippen molar-refractivity contribution in [2.75, 3.05) is 18.9 Å². The quantitative estimate of drug-likeness (QED) is 0.367. The molecule has 0 aromatic heterocycles. The minimum absolute atomic E-state index is 0.00478. The van der Waals surface area contributed by atoms with Gasteiger partial charge in [-0.3, -0.25) is 0 Å². The van der Waals surface area contributed by atoms with Crippen molar-refractivity contribution in [3.8, 4) is 5.75 Å². The van der Waals surface area contributed by atoms with Crippen LogP contribution in [0.3, 0.4) is 0 Å². The first-order chi connectivity index (χ1) is 15.7. The standard InChI is InChI=1S/C24H33N3O4S2/c1-23(2)21(32-3)25-22(28)27(23)14-5-4-6-15-33(29,30)26-24(12-13-24)19-8-7-9-20(16-19)31-17-18-10-11-18/h4-5,7-9,16,18,26H,3,6,10-15,17H2,1-2H3,(H,25,28)/b5-4+. The van der Waals surface area contributed by atoms with E-state index in [2.05, 4.69) is 15.9 Å². The summed E-state index contributed by atoms with van der Waals surface area (Å²) in [5, 5.41) is 2.83. The summed E-state index contributed by atoms with van der Waals surface area (Å²) in [5.41, 5.74) is 0.00101. The first-order valence-electron chi connectivity index (χ1n) is 11.4. The number of nitrogens with zero attached hydrogens (tertiary/aromatic N) is 1. The van der Waals surface area contributed by atoms with Gasteiger partial charge in [-0.25, -0.2) is 17.9 Å². The molecule has 7 nitrogen and oxygen atoms in total. The Morgan fingerprint density at radius 2 is 2.06 bits per heavy atom. The number of allylic oxidation sites excluding steroid dienone is 1. The van der Waals surface area contributed by atoms with E-state index in [1.165, 1.54) is 23.8 Å². The van der Waals surface area contributed by atoms with Crippen LogP contribution in [0.1, 0.15) is 51.5 Å². The number of sulfonamides is 1. The Labute approximate surface area is 200 Å². The molecule has 2 saturated carbocycles. The number of carbonyl (C=O) groups excluding carboxylic acids is 1. The number of rotatable bonds is 11. The zero-order chi connectivity index (χ0) is 23.7. The first-order valence-corrected chi connectivity index (χ1v) is 14.1. The zero-order valence-electron chi connectivity index (χ0n) is 19.3. The SMILES string of the molecule is C=S=C1NC(=O)N(C/C=C/CCS(=O)(=O)NC2(c3cccc(OCC4CC4)c3)CC2)C1(C)C. The van der Waals surface area contributed by atoms with Gasteiger partial charge in [0.05, 0.1) is 28.4 Å². The van der Waals surface area contributed by atoms with Crippen LogP contribution >= 0.6 is 10.9 Å². The third-order valence-electron chi connectivity index (χ3n) is 6.52. The molecule has 1 saturated heterocycles. The average Bonchev–Trinajstić information content (AvgIpc) is 3.68. The molecule has 1 aliphatic heterocycles. The van der Waals surface area contributed by atoms with Gasteiger partial charge in [0.1, 0.15) is 5.75 Å². The van der Waals surface area contributed by atoms with Gasteiger partial charge in [-0.05, 0) is 75.4 Å². The maximum Gasteiger partial charge on any atom is 0.323 e. The second-order valence-electron chi connectivity index (χ2n) is 9.62. The lowest BCUT2D eigenvalue weighted by molar-refractivity contribution is 0.195. The van der Waals surface area contributed by atoms with Crippen molar-refractivity contribution in [2.24, 2.45) is 5.92 Å². The molecule has 2 amide bonds. The normalized spacial score (nSPS) is 21.3. The summed E-state index contributed by atoms with van der Waals surface area (Å²) in [4.78, 5) is 14.7. The molecule has 0 radical (unpaired) electrons. The maximum absolute atomic E-state index is 12.8. The van der Waals surface area contributed by atoms with Crippen LogP contribution in [0, 0.1) is 5.92 Å². The number of nitrogens with one attached hydrogen (secondary N) is 2. The van der Waals surface area contributed by atoms with Gasteiger partial charge < -0.3 is 15.0 Å². The Morgan fingerprint density at radius 3 is 2.70 bits per heavy atom. The molecular formula is C24H33N3O4S2. The zero-order valence-corrected chi connectivity index (χ0v) is 20.9. The van der Waals surface area contributed by atoms with Crippen molar-refractivity contribution < 1.29 is 17.9 Å². The van der Waals surface area contributed by atoms with E-state index >= 15 is 0 Å². The molecule has 3 aliphatic rings. The first kappa shape index (κ1) is 24.0. The van der Waals surface area contributed by atoms with E-state index in [4.69, 9.17) is 4.74 Å². The highest BCUT2D eigenvalue weighted by molar-refractivity contribution is 7.96. The summed E-state index contributed by atoms with van der Waals surface area (Å²) >= 11 is 0. The van der Waals surface area contributed by atoms with Gasteiger partial charge in [0.15, 0.2) is 0 Å². The maximum atomic E-state index is 12.8. The van der Waals surface area contributed by atoms with Crippen LogP contribution < -0.4 is 14.8 Å². The van der Waals surface area contributed by atoms with E-state index in [9.17, 15) is 13.2 Å². The molecular weight excluding hydrogens is 458 g/mol. The highest BCUT2D eigenvalue weighted by Crippen LogP contribution is 2.47. The largest absolute Gasteiger partial charge is 0.493 e. The number of amides is 2. The average molecular weight is 492 g/mol. The Bertz CT molecular complexity index is 1100. The summed E-state index contributed by atoms with van der Waals surface area (Å²) in [6.45, 7) is 5.07. The Kier molecular flexibility index (Phi) is 6.75. The van der Waals surface area contributed by atoms with Crippen molar-refractivity contribution in [3.05, 3.63) is 42.0 Å². The number of carbonyl (C=O) groups is 1. The number of benzene rings is 1. The fourth-order valence-electron chi connectivity index (χ4n) is 4.04. The van der Waals surface area contributed by atoms with Crippen LogP contribution in [0.15, 0.2) is 36.4 Å². The molecule has 33 heavy (non-hydrogen) atoms. The highest BCUT2D eigenvalue weighted by atomic mass is 32.2. The van der Waals surface area contributed by atoms with Gasteiger partial charge >= 0.3 is 6.03 Å². The number of hydrogen-bond donors (Lipinski definition) is 2. The van der Waals surface area contributed by atoms with E-state index in [-0.39, 0.29) is 11.8 Å². The fraction of sp³-hybridized carbons (Fsp3) is 0.542. The second kappa shape index (κ2) is 9.27. The predicted octanol–water partition coefficient (Wildman–Crippen LogP) is 3.43. The van der Waals surface area contributed by atoms with Crippen LogP contribution in [0.4, 0.5) is 4.79 Å². The topological polar surface area (TPSA) is 87.7 Å². The summed E-state index contributed by atoms with van der Waals surface area (Å²) in [6, 6.07) is 7.64. The van der Waals surface area contributed by atoms with E-state index in [1.807, 2.05) is 50.3 Å². The van der Waals surface area contributed by atoms with Crippen LogP contribution in [-0.2, 0) is 15.6 Å². The molecule has 1 aromatic carbocycles. The van der Waals surface area contributed by atoms with E-state index < -0.39 is 21.1 Å². The molecule has 4 rings (SSSR count). The molecule has 0 spiro atoms. The smallest absolute Gasteiger partial charge is 0.323 e. The van der Waals surface area contributed by atoms with Gasteiger partial charge in [0.25, 0.3) is 0 Å². The third kappa shape index (κ3) is 5.70. The number of ether oxygens (including phenoxy) is 1. The molecule has 2 aliphatic carbocycles. The minimum Gasteiger partial charge on any atom is -0.493 e. The Morgan fingerprint density at radius 1 is 1.30 bits per heavy atom. The molecule has 1 aromatic rings. The summed E-state index contributed by atoms with van der Waals surface area (Å²) in [6.07, 6.45) is 8.09. The van der Waals surface area contributed by atoms with Crippen LogP contribution in [0.5, 0.6) is 5.75 Å². The third-order valence-corrected chi connectivity index (χ3v) is 8.88. The van der Waals surface area contributed by atoms with E-state index in [0.717, 1.165) is 35.7 Å². The van der Waals surface area contributed by atoms with Crippen molar-refractivity contribution in [1.82, 2.24) is 14.9 Å².